The zero-order chi connectivity index (χ0) is 24.0. The Kier molecular flexibility index (Phi) is 6.00. The van der Waals surface area contributed by atoms with E-state index < -0.39 is 29.6 Å². The van der Waals surface area contributed by atoms with Crippen molar-refractivity contribution in [2.75, 3.05) is 13.2 Å². The first kappa shape index (κ1) is 22.8. The van der Waals surface area contributed by atoms with Crippen molar-refractivity contribution in [2.45, 2.75) is 37.9 Å². The molecular formula is C25H22ClF2N3O3. The Bertz CT molecular complexity index is 1220. The number of hydrogen-bond donors (Lipinski definition) is 1. The van der Waals surface area contributed by atoms with Gasteiger partial charge in [-0.1, -0.05) is 30.4 Å². The molecule has 34 heavy (non-hydrogen) atoms. The molecule has 2 aliphatic heterocycles. The van der Waals surface area contributed by atoms with Crippen molar-refractivity contribution in [1.29, 1.82) is 0 Å². The molecule has 0 unspecified atom stereocenters. The van der Waals surface area contributed by atoms with Crippen LogP contribution in [0.25, 0.3) is 0 Å². The first-order valence-electron chi connectivity index (χ1n) is 11.2. The Hall–Kier alpha value is -3.02. The van der Waals surface area contributed by atoms with Crippen molar-refractivity contribution in [2.24, 2.45) is 11.8 Å². The third-order valence-corrected chi connectivity index (χ3v) is 7.00. The number of ether oxygens (including phenoxy) is 1. The third kappa shape index (κ3) is 3.93. The summed E-state index contributed by atoms with van der Waals surface area (Å²) in [6.07, 6.45) is 2.69. The molecule has 1 aromatic carbocycles. The van der Waals surface area contributed by atoms with E-state index in [2.05, 4.69) is 22.1 Å². The standard InChI is InChI=1S/C25H22ClF2N3O3/c1-2-13-5-6-29-20(7-13)25(33)31-21-4-3-14(21)8-22(31)24(32)30-23(15-11-34-12-15)16-9-19(28)17(26)10-18(16)27/h5-7,9-10,14-15,21-23H,2,8,11-12H2,1H3,(H,30,32)/t14-,21-,22-,23-/m1/s1. The Labute approximate surface area is 200 Å². The molecule has 3 heterocycles. The lowest BCUT2D eigenvalue weighted by Crippen LogP contribution is -2.52. The normalized spacial score (nSPS) is 23.8. The molecule has 1 N–H and O–H groups in total. The number of fused-ring (bicyclic) bond motifs is 1. The second kappa shape index (κ2) is 8.97. The summed E-state index contributed by atoms with van der Waals surface area (Å²) in [4.78, 5) is 32.5. The minimum Gasteiger partial charge on any atom is -0.381 e. The van der Waals surface area contributed by atoms with E-state index in [0.29, 0.717) is 19.6 Å². The summed E-state index contributed by atoms with van der Waals surface area (Å²) in [6.45, 7) is 2.57. The first-order valence-corrected chi connectivity index (χ1v) is 11.6. The SMILES string of the molecule is CCc1ccnc(C(=O)N2[C@@H](C(=O)N[C@@H](c3cc(F)c(Cl)cc3F)C3COC3)C[C@H]3C#C[C@H]32)c1. The number of benzene rings is 1. The number of amides is 2. The van der Waals surface area contributed by atoms with E-state index in [4.69, 9.17) is 16.3 Å². The fourth-order valence-electron chi connectivity index (χ4n) is 4.64. The Morgan fingerprint density at radius 2 is 2.06 bits per heavy atom. The average molecular weight is 486 g/mol. The topological polar surface area (TPSA) is 71.5 Å². The summed E-state index contributed by atoms with van der Waals surface area (Å²) < 4.78 is 34.1. The van der Waals surface area contributed by atoms with Crippen LogP contribution < -0.4 is 5.32 Å². The van der Waals surface area contributed by atoms with Crippen molar-refractivity contribution in [3.05, 3.63) is 63.9 Å². The number of pyridine rings is 1. The molecule has 9 heteroatoms. The van der Waals surface area contributed by atoms with Gasteiger partial charge in [0, 0.05) is 17.7 Å². The molecule has 6 nitrogen and oxygen atoms in total. The van der Waals surface area contributed by atoms with Gasteiger partial charge in [0.1, 0.15) is 29.4 Å². The van der Waals surface area contributed by atoms with E-state index in [1.165, 1.54) is 4.90 Å². The lowest BCUT2D eigenvalue weighted by molar-refractivity contribution is -0.128. The van der Waals surface area contributed by atoms with Gasteiger partial charge in [-0.15, -0.1) is 0 Å². The summed E-state index contributed by atoms with van der Waals surface area (Å²) in [6, 6.07) is 3.44. The number of carbonyl (C=O) groups is 2. The number of halogens is 3. The summed E-state index contributed by atoms with van der Waals surface area (Å²) in [7, 11) is 0. The number of carbonyl (C=O) groups excluding carboxylic acids is 2. The second-order valence-electron chi connectivity index (χ2n) is 8.78. The van der Waals surface area contributed by atoms with Crippen molar-refractivity contribution >= 4 is 23.4 Å². The highest BCUT2D eigenvalue weighted by molar-refractivity contribution is 6.30. The highest BCUT2D eigenvalue weighted by Gasteiger charge is 2.50. The molecule has 176 valence electrons. The molecule has 4 atom stereocenters. The van der Waals surface area contributed by atoms with Gasteiger partial charge in [-0.2, -0.15) is 0 Å². The third-order valence-electron chi connectivity index (χ3n) is 6.71. The molecule has 0 radical (unpaired) electrons. The highest BCUT2D eigenvalue weighted by atomic mass is 35.5. The number of nitrogens with zero attached hydrogens (tertiary/aromatic N) is 2. The zero-order valence-corrected chi connectivity index (χ0v) is 19.1. The summed E-state index contributed by atoms with van der Waals surface area (Å²) in [5, 5.41) is 2.52. The van der Waals surface area contributed by atoms with E-state index in [1.54, 1.807) is 12.3 Å². The van der Waals surface area contributed by atoms with Crippen molar-refractivity contribution in [3.8, 4) is 11.8 Å². The molecule has 2 fully saturated rings. The number of aromatic nitrogens is 1. The van der Waals surface area contributed by atoms with Crippen LogP contribution >= 0.6 is 11.6 Å². The van der Waals surface area contributed by atoms with Crippen LogP contribution in [0, 0.1) is 35.3 Å². The molecule has 2 saturated heterocycles. The lowest BCUT2D eigenvalue weighted by atomic mass is 9.90. The van der Waals surface area contributed by atoms with Gasteiger partial charge in [0.05, 0.1) is 30.2 Å². The van der Waals surface area contributed by atoms with Gasteiger partial charge in [0.2, 0.25) is 5.91 Å². The largest absolute Gasteiger partial charge is 0.381 e. The zero-order valence-electron chi connectivity index (χ0n) is 18.4. The van der Waals surface area contributed by atoms with Crippen LogP contribution in [0.3, 0.4) is 0 Å². The number of rotatable bonds is 6. The van der Waals surface area contributed by atoms with Crippen molar-refractivity contribution < 1.29 is 23.1 Å². The second-order valence-corrected chi connectivity index (χ2v) is 9.19. The monoisotopic (exact) mass is 485 g/mol. The molecule has 1 aromatic heterocycles. The van der Waals surface area contributed by atoms with Crippen LogP contribution in [0.2, 0.25) is 5.02 Å². The van der Waals surface area contributed by atoms with Gasteiger partial charge in [0.25, 0.3) is 5.91 Å². The quantitative estimate of drug-likeness (QED) is 0.503. The van der Waals surface area contributed by atoms with Crippen molar-refractivity contribution in [3.63, 3.8) is 0 Å². The van der Waals surface area contributed by atoms with Gasteiger partial charge in [-0.25, -0.2) is 8.78 Å². The molecule has 5 rings (SSSR count). The number of likely N-dealkylation sites (tertiary alicyclic amines) is 1. The summed E-state index contributed by atoms with van der Waals surface area (Å²) >= 11 is 5.71. The van der Waals surface area contributed by atoms with Crippen LogP contribution in [0.1, 0.15) is 41.0 Å². The summed E-state index contributed by atoms with van der Waals surface area (Å²) in [5.74, 6) is 3.33. The average Bonchev–Trinajstić information content (AvgIpc) is 3.04. The Balaban J connectivity index is 1.42. The van der Waals surface area contributed by atoms with Crippen LogP contribution in [-0.2, 0) is 16.0 Å². The molecule has 2 aromatic rings. The highest BCUT2D eigenvalue weighted by Crippen LogP contribution is 2.37. The fraction of sp³-hybridized carbons (Fsp3) is 0.400. The Morgan fingerprint density at radius 1 is 1.26 bits per heavy atom. The van der Waals surface area contributed by atoms with Gasteiger partial charge in [0.15, 0.2) is 0 Å². The van der Waals surface area contributed by atoms with Crippen LogP contribution in [0.5, 0.6) is 0 Å². The number of hydrogen-bond acceptors (Lipinski definition) is 4. The lowest BCUT2D eigenvalue weighted by Gasteiger charge is -2.36. The maximum absolute atomic E-state index is 14.7. The number of nitrogens with one attached hydrogen (secondary N) is 1. The van der Waals surface area contributed by atoms with Crippen LogP contribution in [0.15, 0.2) is 30.5 Å². The molecule has 2 amide bonds. The van der Waals surface area contributed by atoms with Crippen molar-refractivity contribution in [1.82, 2.24) is 15.2 Å². The molecule has 1 aliphatic carbocycles. The maximum atomic E-state index is 14.7. The molecule has 0 bridgehead atoms. The molecular weight excluding hydrogens is 464 g/mol. The minimum atomic E-state index is -0.828. The van der Waals surface area contributed by atoms with E-state index in [0.717, 1.165) is 24.1 Å². The fourth-order valence-corrected chi connectivity index (χ4v) is 4.79. The predicted octanol–water partition coefficient (Wildman–Crippen LogP) is 3.30. The van der Waals surface area contributed by atoms with Gasteiger partial charge in [-0.3, -0.25) is 14.6 Å². The van der Waals surface area contributed by atoms with Gasteiger partial charge >= 0.3 is 0 Å². The van der Waals surface area contributed by atoms with E-state index in [9.17, 15) is 18.4 Å². The van der Waals surface area contributed by atoms with Crippen LogP contribution in [0.4, 0.5) is 8.78 Å². The maximum Gasteiger partial charge on any atom is 0.274 e. The number of aryl methyl sites for hydroxylation is 1. The smallest absolute Gasteiger partial charge is 0.274 e. The van der Waals surface area contributed by atoms with E-state index in [1.807, 2.05) is 13.0 Å². The van der Waals surface area contributed by atoms with Gasteiger partial charge < -0.3 is 15.0 Å². The molecule has 3 aliphatic rings. The molecule has 0 spiro atoms. The summed E-state index contributed by atoms with van der Waals surface area (Å²) in [5.41, 5.74) is 1.21. The van der Waals surface area contributed by atoms with E-state index >= 15 is 0 Å². The van der Waals surface area contributed by atoms with Crippen LogP contribution in [-0.4, -0.2) is 47.0 Å². The Morgan fingerprint density at radius 3 is 2.71 bits per heavy atom. The predicted molar refractivity (Wildman–Crippen MR) is 120 cm³/mol. The minimum absolute atomic E-state index is 0.00374. The van der Waals surface area contributed by atoms with Gasteiger partial charge in [-0.05, 0) is 42.7 Å². The molecule has 0 saturated carbocycles. The van der Waals surface area contributed by atoms with E-state index in [-0.39, 0.29) is 40.1 Å². The first-order chi connectivity index (χ1) is 16.4.